The summed E-state index contributed by atoms with van der Waals surface area (Å²) in [7, 11) is 0. The largest absolute Gasteiger partial charge is 0.481 e. The topological polar surface area (TPSA) is 78.3 Å². The van der Waals surface area contributed by atoms with Gasteiger partial charge in [0, 0.05) is 36.9 Å². The van der Waals surface area contributed by atoms with Crippen molar-refractivity contribution in [1.29, 1.82) is 0 Å². The van der Waals surface area contributed by atoms with Gasteiger partial charge in [0.25, 0.3) is 0 Å². The number of hydrogen-bond acceptors (Lipinski definition) is 6. The standard InChI is InChI=1S/C26H34N4O2S/c1-15(26(31)32)4-6-19-20-13-30(14-21(19)17(3)10-16(20)2)12-18-5-7-23-22(11-18)29-24-25(33-23)28-9-8-27-24/h5,7-9,11,15-17,19-21H,4,6,10,12-14H2,1-3H3,(H,27,29)(H,31,32). The highest BCUT2D eigenvalue weighted by Crippen LogP contribution is 2.48. The number of rotatable bonds is 6. The maximum Gasteiger partial charge on any atom is 0.306 e. The van der Waals surface area contributed by atoms with Gasteiger partial charge in [-0.05, 0) is 66.5 Å². The van der Waals surface area contributed by atoms with Gasteiger partial charge in [-0.3, -0.25) is 9.69 Å². The summed E-state index contributed by atoms with van der Waals surface area (Å²) < 4.78 is 0. The number of carbonyl (C=O) groups is 1. The minimum absolute atomic E-state index is 0.245. The molecule has 1 aliphatic carbocycles. The number of aliphatic carboxylic acids is 1. The van der Waals surface area contributed by atoms with Crippen LogP contribution in [0.4, 0.5) is 11.5 Å². The first kappa shape index (κ1) is 22.7. The second-order valence-electron chi connectivity index (χ2n) is 10.5. The molecule has 7 heteroatoms. The lowest BCUT2D eigenvalue weighted by Gasteiger charge is -2.53. The number of nitrogens with one attached hydrogen (secondary N) is 1. The number of fused-ring (bicyclic) bond motifs is 4. The minimum Gasteiger partial charge on any atom is -0.481 e. The Morgan fingerprint density at radius 3 is 2.67 bits per heavy atom. The van der Waals surface area contributed by atoms with E-state index in [0.29, 0.717) is 29.6 Å². The monoisotopic (exact) mass is 466 g/mol. The first-order valence-electron chi connectivity index (χ1n) is 12.2. The first-order valence-corrected chi connectivity index (χ1v) is 13.0. The zero-order chi connectivity index (χ0) is 23.1. The number of anilines is 2. The van der Waals surface area contributed by atoms with Gasteiger partial charge in [0.1, 0.15) is 5.03 Å². The van der Waals surface area contributed by atoms with Gasteiger partial charge in [0.2, 0.25) is 0 Å². The molecule has 1 aromatic heterocycles. The van der Waals surface area contributed by atoms with Crippen molar-refractivity contribution in [2.45, 2.75) is 56.5 Å². The van der Waals surface area contributed by atoms with E-state index in [1.54, 1.807) is 24.2 Å². The fraction of sp³-hybridized carbons (Fsp3) is 0.577. The smallest absolute Gasteiger partial charge is 0.306 e. The minimum atomic E-state index is -0.661. The third-order valence-corrected chi connectivity index (χ3v) is 9.24. The van der Waals surface area contributed by atoms with Crippen molar-refractivity contribution in [2.75, 3.05) is 18.4 Å². The molecule has 0 amide bonds. The van der Waals surface area contributed by atoms with Gasteiger partial charge < -0.3 is 10.4 Å². The highest BCUT2D eigenvalue weighted by molar-refractivity contribution is 7.99. The molecular formula is C26H34N4O2S. The summed E-state index contributed by atoms with van der Waals surface area (Å²) in [6.45, 7) is 9.86. The van der Waals surface area contributed by atoms with Crippen LogP contribution >= 0.6 is 11.8 Å². The van der Waals surface area contributed by atoms with Gasteiger partial charge in [0.05, 0.1) is 11.6 Å². The maximum absolute atomic E-state index is 11.4. The molecule has 1 saturated heterocycles. The van der Waals surface area contributed by atoms with Gasteiger partial charge in [-0.2, -0.15) is 0 Å². The summed E-state index contributed by atoms with van der Waals surface area (Å²) >= 11 is 1.67. The van der Waals surface area contributed by atoms with Crippen LogP contribution in [0.15, 0.2) is 40.5 Å². The molecule has 3 aliphatic rings. The zero-order valence-corrected chi connectivity index (χ0v) is 20.5. The molecule has 176 valence electrons. The van der Waals surface area contributed by atoms with E-state index in [9.17, 15) is 9.90 Å². The summed E-state index contributed by atoms with van der Waals surface area (Å²) in [5.41, 5.74) is 2.44. The normalized spacial score (nSPS) is 29.5. The first-order chi connectivity index (χ1) is 15.9. The van der Waals surface area contributed by atoms with Crippen molar-refractivity contribution < 1.29 is 9.90 Å². The fourth-order valence-corrected chi connectivity index (χ4v) is 7.24. The summed E-state index contributed by atoms with van der Waals surface area (Å²) in [5, 5.41) is 13.7. The number of carboxylic acid groups (broad SMARTS) is 1. The molecule has 6 nitrogen and oxygen atoms in total. The lowest BCUT2D eigenvalue weighted by atomic mass is 9.59. The number of likely N-dealkylation sites (tertiary alicyclic amines) is 1. The SMILES string of the molecule is CC(CCC1C2CN(Cc3ccc4c(c3)Nc3nccnc3S4)CC1C(C)CC2C)C(=O)O. The Morgan fingerprint density at radius 1 is 1.21 bits per heavy atom. The van der Waals surface area contributed by atoms with Crippen molar-refractivity contribution >= 4 is 29.2 Å². The van der Waals surface area contributed by atoms with E-state index in [1.807, 2.05) is 6.92 Å². The second kappa shape index (κ2) is 9.26. The lowest BCUT2D eigenvalue weighted by Crippen LogP contribution is -2.53. The van der Waals surface area contributed by atoms with E-state index < -0.39 is 5.97 Å². The molecule has 2 aromatic rings. The predicted octanol–water partition coefficient (Wildman–Crippen LogP) is 5.53. The predicted molar refractivity (Wildman–Crippen MR) is 131 cm³/mol. The van der Waals surface area contributed by atoms with Crippen LogP contribution in [-0.2, 0) is 11.3 Å². The number of hydrogen-bond donors (Lipinski definition) is 2. The van der Waals surface area contributed by atoms with Crippen molar-refractivity contribution in [2.24, 2.45) is 35.5 Å². The summed E-state index contributed by atoms with van der Waals surface area (Å²) in [6, 6.07) is 6.72. The second-order valence-corrected chi connectivity index (χ2v) is 11.5. The van der Waals surface area contributed by atoms with Crippen LogP contribution in [0.1, 0.15) is 45.6 Å². The van der Waals surface area contributed by atoms with Crippen LogP contribution in [0, 0.1) is 35.5 Å². The molecule has 2 bridgehead atoms. The van der Waals surface area contributed by atoms with E-state index >= 15 is 0 Å². The molecular weight excluding hydrogens is 432 g/mol. The fourth-order valence-electron chi connectivity index (χ4n) is 6.36. The van der Waals surface area contributed by atoms with Crippen molar-refractivity contribution in [3.63, 3.8) is 0 Å². The number of benzene rings is 1. The summed E-state index contributed by atoms with van der Waals surface area (Å²) in [4.78, 5) is 24.0. The molecule has 5 atom stereocenters. The lowest BCUT2D eigenvalue weighted by molar-refractivity contribution is -0.141. The molecule has 0 radical (unpaired) electrons. The van der Waals surface area contributed by atoms with E-state index in [2.05, 4.69) is 52.2 Å². The molecule has 1 aromatic carbocycles. The number of aromatic nitrogens is 2. The summed E-state index contributed by atoms with van der Waals surface area (Å²) in [5.74, 6) is 3.29. The zero-order valence-electron chi connectivity index (χ0n) is 19.7. The highest BCUT2D eigenvalue weighted by Gasteiger charge is 2.45. The quantitative estimate of drug-likeness (QED) is 0.495. The molecule has 3 heterocycles. The Morgan fingerprint density at radius 2 is 1.94 bits per heavy atom. The summed E-state index contributed by atoms with van der Waals surface area (Å²) in [6.07, 6.45) is 6.60. The van der Waals surface area contributed by atoms with E-state index in [4.69, 9.17) is 0 Å². The molecule has 2 aliphatic heterocycles. The third-order valence-electron chi connectivity index (χ3n) is 8.17. The molecule has 2 fully saturated rings. The molecule has 5 rings (SSSR count). The van der Waals surface area contributed by atoms with Crippen LogP contribution in [0.25, 0.3) is 0 Å². The van der Waals surface area contributed by atoms with Crippen molar-refractivity contribution in [1.82, 2.24) is 14.9 Å². The van der Waals surface area contributed by atoms with Gasteiger partial charge in [-0.15, -0.1) is 0 Å². The van der Waals surface area contributed by atoms with E-state index in [1.165, 1.54) is 16.9 Å². The van der Waals surface area contributed by atoms with E-state index in [0.717, 1.165) is 49.0 Å². The average Bonchev–Trinajstić information content (AvgIpc) is 2.80. The van der Waals surface area contributed by atoms with Gasteiger partial charge in [0.15, 0.2) is 5.82 Å². The van der Waals surface area contributed by atoms with Crippen molar-refractivity contribution in [3.05, 3.63) is 36.2 Å². The van der Waals surface area contributed by atoms with Gasteiger partial charge >= 0.3 is 5.97 Å². The van der Waals surface area contributed by atoms with E-state index in [-0.39, 0.29) is 5.92 Å². The average molecular weight is 467 g/mol. The Kier molecular flexibility index (Phi) is 6.36. The van der Waals surface area contributed by atoms with Crippen molar-refractivity contribution in [3.8, 4) is 0 Å². The molecule has 33 heavy (non-hydrogen) atoms. The Bertz CT molecular complexity index is 1010. The Hall–Kier alpha value is -2.12. The van der Waals surface area contributed by atoms with Crippen LogP contribution in [0.5, 0.6) is 0 Å². The number of carboxylic acids is 1. The molecule has 5 unspecified atom stereocenters. The third kappa shape index (κ3) is 4.62. The van der Waals surface area contributed by atoms with Gasteiger partial charge in [-0.25, -0.2) is 9.97 Å². The van der Waals surface area contributed by atoms with Gasteiger partial charge in [-0.1, -0.05) is 38.6 Å². The number of nitrogens with zero attached hydrogens (tertiary/aromatic N) is 3. The van der Waals surface area contributed by atoms with Crippen LogP contribution in [0.2, 0.25) is 0 Å². The number of piperidine rings is 1. The maximum atomic E-state index is 11.4. The Balaban J connectivity index is 1.28. The molecule has 1 saturated carbocycles. The van der Waals surface area contributed by atoms with Crippen LogP contribution < -0.4 is 5.32 Å². The Labute approximate surface area is 200 Å². The molecule has 0 spiro atoms. The highest BCUT2D eigenvalue weighted by atomic mass is 32.2. The van der Waals surface area contributed by atoms with Crippen LogP contribution in [0.3, 0.4) is 0 Å². The molecule has 2 N–H and O–H groups in total. The van der Waals surface area contributed by atoms with Crippen LogP contribution in [-0.4, -0.2) is 39.0 Å².